The van der Waals surface area contributed by atoms with Crippen LogP contribution in [0, 0.1) is 10.1 Å². The Morgan fingerprint density at radius 3 is 2.77 bits per heavy atom. The van der Waals surface area contributed by atoms with Gasteiger partial charge in [0.1, 0.15) is 17.5 Å². The van der Waals surface area contributed by atoms with Gasteiger partial charge in [0.2, 0.25) is 11.7 Å². The summed E-state index contributed by atoms with van der Waals surface area (Å²) < 4.78 is 11.4. The minimum Gasteiger partial charge on any atom is -0.487 e. The van der Waals surface area contributed by atoms with Gasteiger partial charge in [-0.25, -0.2) is 0 Å². The molecule has 2 heterocycles. The fourth-order valence-electron chi connectivity index (χ4n) is 3.55. The molecule has 8 heteroatoms. The monoisotopic (exact) mass is 364 g/mol. The second kappa shape index (κ2) is 6.75. The molecule has 26 heavy (non-hydrogen) atoms. The van der Waals surface area contributed by atoms with Crippen LogP contribution in [0.5, 0.6) is 11.5 Å². The van der Waals surface area contributed by atoms with Crippen LogP contribution in [0.2, 0.25) is 0 Å². The van der Waals surface area contributed by atoms with Gasteiger partial charge in [0.15, 0.2) is 0 Å². The molecule has 1 aromatic rings. The molecule has 2 atom stereocenters. The highest BCUT2D eigenvalue weighted by atomic mass is 16.6. The number of hydrogen-bond acceptors (Lipinski definition) is 6. The smallest absolute Gasteiger partial charge is 0.311 e. The largest absolute Gasteiger partial charge is 0.487 e. The molecule has 0 bridgehead atoms. The fraction of sp³-hybridized carbons (Fsp3) is 0.611. The van der Waals surface area contributed by atoms with E-state index in [2.05, 4.69) is 0 Å². The number of likely N-dealkylation sites (tertiary alicyclic amines) is 1. The van der Waals surface area contributed by atoms with Crippen LogP contribution in [0.4, 0.5) is 5.69 Å². The van der Waals surface area contributed by atoms with Crippen molar-refractivity contribution < 1.29 is 24.3 Å². The number of hydrogen-bond donors (Lipinski definition) is 1. The van der Waals surface area contributed by atoms with Gasteiger partial charge >= 0.3 is 5.69 Å². The van der Waals surface area contributed by atoms with E-state index in [0.717, 1.165) is 0 Å². The Morgan fingerprint density at radius 2 is 2.19 bits per heavy atom. The van der Waals surface area contributed by atoms with E-state index in [9.17, 15) is 20.0 Å². The Hall–Kier alpha value is -2.35. The van der Waals surface area contributed by atoms with E-state index in [4.69, 9.17) is 9.47 Å². The zero-order valence-electron chi connectivity index (χ0n) is 15.2. The molecular formula is C18H24N2O6. The van der Waals surface area contributed by atoms with Crippen molar-refractivity contribution in [2.75, 3.05) is 13.2 Å². The molecule has 0 unspecified atom stereocenters. The summed E-state index contributed by atoms with van der Waals surface area (Å²) in [6, 6.07) is 2.20. The lowest BCUT2D eigenvalue weighted by Gasteiger charge is -2.45. The molecule has 1 saturated heterocycles. The van der Waals surface area contributed by atoms with Gasteiger partial charge in [-0.1, -0.05) is 6.92 Å². The number of nitrogens with zero attached hydrogens (tertiary/aromatic N) is 2. The van der Waals surface area contributed by atoms with Crippen molar-refractivity contribution in [1.82, 2.24) is 4.90 Å². The highest BCUT2D eigenvalue weighted by molar-refractivity contribution is 5.79. The molecule has 0 spiro atoms. The van der Waals surface area contributed by atoms with Crippen LogP contribution in [0.3, 0.4) is 0 Å². The SMILES string of the molecule is CCCOc1cc2c(cc1[N+](=O)[O-])[C@H](N1CCCC1=O)[C@@H](O)C(C)(C)O2. The molecule has 0 aromatic heterocycles. The molecule has 1 amide bonds. The average molecular weight is 364 g/mol. The minimum absolute atomic E-state index is 0.0633. The lowest BCUT2D eigenvalue weighted by Crippen LogP contribution is -2.53. The number of nitro groups is 1. The topological polar surface area (TPSA) is 102 Å². The van der Waals surface area contributed by atoms with Crippen LogP contribution in [-0.4, -0.2) is 45.7 Å². The summed E-state index contributed by atoms with van der Waals surface area (Å²) in [5.41, 5.74) is -0.689. The highest BCUT2D eigenvalue weighted by Gasteiger charge is 2.48. The van der Waals surface area contributed by atoms with Gasteiger partial charge in [0.05, 0.1) is 17.6 Å². The van der Waals surface area contributed by atoms with E-state index in [1.165, 1.54) is 12.1 Å². The van der Waals surface area contributed by atoms with Crippen molar-refractivity contribution in [3.05, 3.63) is 27.8 Å². The fourth-order valence-corrected chi connectivity index (χ4v) is 3.55. The maximum atomic E-state index is 12.3. The molecule has 142 valence electrons. The maximum Gasteiger partial charge on any atom is 0.311 e. The average Bonchev–Trinajstić information content (AvgIpc) is 2.99. The third kappa shape index (κ3) is 3.09. The third-order valence-corrected chi connectivity index (χ3v) is 4.90. The Bertz CT molecular complexity index is 733. The molecule has 1 fully saturated rings. The number of carbonyl (C=O) groups is 1. The second-order valence-corrected chi connectivity index (χ2v) is 7.25. The van der Waals surface area contributed by atoms with E-state index >= 15 is 0 Å². The summed E-state index contributed by atoms with van der Waals surface area (Å²) >= 11 is 0. The molecule has 0 radical (unpaired) electrons. The normalized spacial score (nSPS) is 24.2. The number of nitro benzene ring substituents is 1. The Kier molecular flexibility index (Phi) is 4.79. The Morgan fingerprint density at radius 1 is 1.46 bits per heavy atom. The van der Waals surface area contributed by atoms with Crippen molar-refractivity contribution in [2.24, 2.45) is 0 Å². The van der Waals surface area contributed by atoms with Crippen molar-refractivity contribution in [3.63, 3.8) is 0 Å². The van der Waals surface area contributed by atoms with Crippen LogP contribution < -0.4 is 9.47 Å². The standard InChI is InChI=1S/C18H24N2O6/c1-4-8-25-14-10-13-11(9-12(14)20(23)24)16(17(22)18(2,3)26-13)19-7-5-6-15(19)21/h9-10,16-17,22H,4-8H2,1-3H3/t16-,17+/m0/s1. The first kappa shape index (κ1) is 18.4. The van der Waals surface area contributed by atoms with Crippen molar-refractivity contribution >= 4 is 11.6 Å². The number of rotatable bonds is 5. The predicted molar refractivity (Wildman–Crippen MR) is 93.3 cm³/mol. The first-order valence-corrected chi connectivity index (χ1v) is 8.88. The van der Waals surface area contributed by atoms with E-state index in [-0.39, 0.29) is 17.3 Å². The lowest BCUT2D eigenvalue weighted by atomic mass is 9.85. The van der Waals surface area contributed by atoms with E-state index < -0.39 is 22.7 Å². The van der Waals surface area contributed by atoms with Crippen LogP contribution in [0.15, 0.2) is 12.1 Å². The van der Waals surface area contributed by atoms with E-state index in [1.54, 1.807) is 18.7 Å². The number of carbonyl (C=O) groups excluding carboxylic acids is 1. The zero-order chi connectivity index (χ0) is 19.1. The molecule has 1 aromatic carbocycles. The van der Waals surface area contributed by atoms with E-state index in [0.29, 0.717) is 43.7 Å². The van der Waals surface area contributed by atoms with Gasteiger partial charge in [0, 0.05) is 30.7 Å². The summed E-state index contributed by atoms with van der Waals surface area (Å²) in [6.07, 6.45) is 0.835. The molecule has 3 rings (SSSR count). The molecule has 0 saturated carbocycles. The number of fused-ring (bicyclic) bond motifs is 1. The van der Waals surface area contributed by atoms with Crippen LogP contribution in [-0.2, 0) is 4.79 Å². The van der Waals surface area contributed by atoms with Crippen molar-refractivity contribution in [3.8, 4) is 11.5 Å². The minimum atomic E-state index is -1.00. The quantitative estimate of drug-likeness (QED) is 0.636. The van der Waals surface area contributed by atoms with Gasteiger partial charge in [-0.05, 0) is 26.7 Å². The Balaban J connectivity index is 2.13. The zero-order valence-corrected chi connectivity index (χ0v) is 15.2. The van der Waals surface area contributed by atoms with Crippen LogP contribution >= 0.6 is 0 Å². The van der Waals surface area contributed by atoms with Crippen molar-refractivity contribution in [2.45, 2.75) is 57.8 Å². The summed E-state index contributed by atoms with van der Waals surface area (Å²) in [6.45, 7) is 6.25. The highest BCUT2D eigenvalue weighted by Crippen LogP contribution is 2.48. The summed E-state index contributed by atoms with van der Waals surface area (Å²) in [5.74, 6) is 0.475. The molecule has 2 aliphatic heterocycles. The van der Waals surface area contributed by atoms with Gasteiger partial charge in [0.25, 0.3) is 0 Å². The number of aliphatic hydroxyl groups is 1. The summed E-state index contributed by atoms with van der Waals surface area (Å²) in [4.78, 5) is 24.9. The van der Waals surface area contributed by atoms with Gasteiger partial charge in [-0.3, -0.25) is 14.9 Å². The van der Waals surface area contributed by atoms with Gasteiger partial charge < -0.3 is 19.5 Å². The molecule has 8 nitrogen and oxygen atoms in total. The lowest BCUT2D eigenvalue weighted by molar-refractivity contribution is -0.386. The predicted octanol–water partition coefficient (Wildman–Crippen LogP) is 2.58. The number of ether oxygens (including phenoxy) is 2. The van der Waals surface area contributed by atoms with Crippen LogP contribution in [0.1, 0.15) is 51.6 Å². The first-order valence-electron chi connectivity index (χ1n) is 8.88. The number of benzene rings is 1. The molecular weight excluding hydrogens is 340 g/mol. The molecule has 2 aliphatic rings. The third-order valence-electron chi connectivity index (χ3n) is 4.90. The first-order chi connectivity index (χ1) is 12.3. The van der Waals surface area contributed by atoms with Crippen LogP contribution in [0.25, 0.3) is 0 Å². The van der Waals surface area contributed by atoms with Gasteiger partial charge in [-0.15, -0.1) is 0 Å². The Labute approximate surface area is 151 Å². The molecule has 0 aliphatic carbocycles. The molecule has 1 N–H and O–H groups in total. The van der Waals surface area contributed by atoms with E-state index in [1.807, 2.05) is 6.92 Å². The van der Waals surface area contributed by atoms with Crippen molar-refractivity contribution in [1.29, 1.82) is 0 Å². The second-order valence-electron chi connectivity index (χ2n) is 7.25. The van der Waals surface area contributed by atoms with Gasteiger partial charge in [-0.2, -0.15) is 0 Å². The summed E-state index contributed by atoms with van der Waals surface area (Å²) in [5, 5.41) is 22.4. The number of aliphatic hydroxyl groups excluding tert-OH is 1. The maximum absolute atomic E-state index is 12.3. The number of amides is 1. The summed E-state index contributed by atoms with van der Waals surface area (Å²) in [7, 11) is 0.